The summed E-state index contributed by atoms with van der Waals surface area (Å²) in [6.07, 6.45) is 7.04. The summed E-state index contributed by atoms with van der Waals surface area (Å²) in [6.45, 7) is 0.354. The van der Waals surface area contributed by atoms with Crippen LogP contribution in [0.5, 0.6) is 0 Å². The van der Waals surface area contributed by atoms with E-state index in [0.717, 1.165) is 5.56 Å². The molecule has 2 aliphatic heterocycles. The van der Waals surface area contributed by atoms with Crippen LogP contribution >= 0.6 is 0 Å². The van der Waals surface area contributed by atoms with Crippen LogP contribution in [0.2, 0.25) is 0 Å². The van der Waals surface area contributed by atoms with Crippen molar-refractivity contribution in [2.45, 2.75) is 49.9 Å². The van der Waals surface area contributed by atoms with E-state index in [1.165, 1.54) is 0 Å². The van der Waals surface area contributed by atoms with E-state index in [-0.39, 0.29) is 41.7 Å². The predicted molar refractivity (Wildman–Crippen MR) is 143 cm³/mol. The Morgan fingerprint density at radius 2 is 1.68 bits per heavy atom. The fourth-order valence-electron chi connectivity index (χ4n) is 4.44. The lowest BCUT2D eigenvalue weighted by molar-refractivity contribution is -0.137. The minimum absolute atomic E-state index is 0.00662. The maximum Gasteiger partial charge on any atom is 0.252 e. The lowest BCUT2D eigenvalue weighted by Crippen LogP contribution is -2.49. The van der Waals surface area contributed by atoms with Crippen molar-refractivity contribution in [3.8, 4) is 0 Å². The number of nitrogens with one attached hydrogen (secondary N) is 4. The van der Waals surface area contributed by atoms with E-state index in [9.17, 15) is 24.0 Å². The van der Waals surface area contributed by atoms with Crippen molar-refractivity contribution < 1.29 is 24.0 Å². The third-order valence-corrected chi connectivity index (χ3v) is 7.23. The van der Waals surface area contributed by atoms with Crippen LogP contribution in [0.4, 0.5) is 5.69 Å². The molecule has 1 fully saturated rings. The molecule has 11 nitrogen and oxygen atoms in total. The van der Waals surface area contributed by atoms with Gasteiger partial charge in [-0.2, -0.15) is 0 Å². The summed E-state index contributed by atoms with van der Waals surface area (Å²) >= 11 is 0. The molecule has 1 aromatic carbocycles. The Labute approximate surface area is 220 Å². The van der Waals surface area contributed by atoms with Crippen LogP contribution < -0.4 is 27.0 Å². The van der Waals surface area contributed by atoms with Gasteiger partial charge in [-0.05, 0) is 55.1 Å². The molecule has 0 unspecified atom stereocenters. The number of rotatable bonds is 2. The molecule has 0 spiro atoms. The average molecular weight is 534 g/mol. The van der Waals surface area contributed by atoms with E-state index in [2.05, 4.69) is 33.8 Å². The number of nitrogens with zero attached hydrogens (tertiary/aromatic N) is 1. The second kappa shape index (κ2) is 13.4. The first-order valence-electron chi connectivity index (χ1n) is 12.5. The average Bonchev–Trinajstić information content (AvgIpc) is 3.35. The molecular formula is C25H37N6O5S+. The van der Waals surface area contributed by atoms with Gasteiger partial charge in [0.1, 0.15) is 11.8 Å². The van der Waals surface area contributed by atoms with Crippen LogP contribution in [0.25, 0.3) is 0 Å². The molecule has 12 heteroatoms. The monoisotopic (exact) mass is 533 g/mol. The number of fused-ring (bicyclic) bond motifs is 3. The molecule has 2 bridgehead atoms. The first kappa shape index (κ1) is 28.5. The number of anilines is 1. The Morgan fingerprint density at radius 3 is 2.43 bits per heavy atom. The SMILES string of the molecule is C[S+](C)Cc1ccc2cc1C(=O)NCC(=O)NCC(=O)NCCCC[C@H](N)C(=O)N1CCC[C@H]1C(=O)N2. The molecule has 0 saturated carbocycles. The smallest absolute Gasteiger partial charge is 0.252 e. The largest absolute Gasteiger partial charge is 0.355 e. The van der Waals surface area contributed by atoms with Crippen LogP contribution in [0, 0.1) is 0 Å². The highest BCUT2D eigenvalue weighted by Crippen LogP contribution is 2.23. The number of carbonyl (C=O) groups excluding carboxylic acids is 5. The molecule has 3 rings (SSSR count). The maximum absolute atomic E-state index is 13.1. The minimum Gasteiger partial charge on any atom is -0.355 e. The summed E-state index contributed by atoms with van der Waals surface area (Å²) in [5.74, 6) is -1.21. The molecule has 1 aromatic rings. The Bertz CT molecular complexity index is 1030. The van der Waals surface area contributed by atoms with Gasteiger partial charge >= 0.3 is 0 Å². The highest BCUT2D eigenvalue weighted by molar-refractivity contribution is 7.94. The zero-order valence-corrected chi connectivity index (χ0v) is 22.2. The zero-order chi connectivity index (χ0) is 26.9. The topological polar surface area (TPSA) is 163 Å². The van der Waals surface area contributed by atoms with Crippen molar-refractivity contribution in [3.63, 3.8) is 0 Å². The van der Waals surface area contributed by atoms with Crippen molar-refractivity contribution in [2.75, 3.05) is 44.0 Å². The lowest BCUT2D eigenvalue weighted by atomic mass is 10.1. The minimum atomic E-state index is -0.732. The van der Waals surface area contributed by atoms with Gasteiger partial charge in [0.25, 0.3) is 5.91 Å². The van der Waals surface area contributed by atoms with Gasteiger partial charge in [-0.3, -0.25) is 24.0 Å². The predicted octanol–water partition coefficient (Wildman–Crippen LogP) is -0.533. The Balaban J connectivity index is 1.84. The molecule has 2 aliphatic rings. The van der Waals surface area contributed by atoms with Crippen LogP contribution in [0.1, 0.15) is 48.0 Å². The third-order valence-electron chi connectivity index (χ3n) is 6.34. The van der Waals surface area contributed by atoms with Gasteiger partial charge in [0, 0.05) is 29.9 Å². The summed E-state index contributed by atoms with van der Waals surface area (Å²) < 4.78 is 0. The highest BCUT2D eigenvalue weighted by Gasteiger charge is 2.36. The molecule has 0 aliphatic carbocycles. The molecule has 5 amide bonds. The van der Waals surface area contributed by atoms with Crippen LogP contribution in [-0.2, 0) is 35.8 Å². The first-order chi connectivity index (χ1) is 17.7. The Morgan fingerprint density at radius 1 is 0.946 bits per heavy atom. The number of carbonyl (C=O) groups is 5. The second-order valence-corrected chi connectivity index (χ2v) is 11.9. The summed E-state index contributed by atoms with van der Waals surface area (Å²) in [5.41, 5.74) is 7.74. The fraction of sp³-hybridized carbons (Fsp3) is 0.560. The number of amides is 5. The van der Waals surface area contributed by atoms with E-state index in [1.807, 2.05) is 0 Å². The first-order valence-corrected chi connectivity index (χ1v) is 14.7. The molecule has 37 heavy (non-hydrogen) atoms. The van der Waals surface area contributed by atoms with Gasteiger partial charge in [0.05, 0.1) is 31.6 Å². The molecule has 6 N–H and O–H groups in total. The van der Waals surface area contributed by atoms with E-state index in [4.69, 9.17) is 5.73 Å². The van der Waals surface area contributed by atoms with E-state index < -0.39 is 23.9 Å². The number of hydrogen-bond donors (Lipinski definition) is 5. The van der Waals surface area contributed by atoms with Crippen LogP contribution in [0.3, 0.4) is 0 Å². The number of benzene rings is 1. The summed E-state index contributed by atoms with van der Waals surface area (Å²) in [7, 11) is 0.00662. The number of nitrogens with two attached hydrogens (primary N) is 1. The summed E-state index contributed by atoms with van der Waals surface area (Å²) in [6, 6.07) is 3.76. The van der Waals surface area contributed by atoms with Crippen molar-refractivity contribution in [2.24, 2.45) is 5.73 Å². The van der Waals surface area contributed by atoms with Crippen molar-refractivity contribution in [3.05, 3.63) is 29.3 Å². The maximum atomic E-state index is 13.1. The van der Waals surface area contributed by atoms with Crippen LogP contribution in [-0.4, -0.2) is 85.2 Å². The van der Waals surface area contributed by atoms with Crippen molar-refractivity contribution >= 4 is 46.1 Å². The van der Waals surface area contributed by atoms with Crippen LogP contribution in [0.15, 0.2) is 18.2 Å². The molecule has 202 valence electrons. The van der Waals surface area contributed by atoms with Crippen molar-refractivity contribution in [1.82, 2.24) is 20.9 Å². The lowest BCUT2D eigenvalue weighted by Gasteiger charge is -2.27. The molecule has 2 heterocycles. The van der Waals surface area contributed by atoms with E-state index in [0.29, 0.717) is 62.2 Å². The molecule has 0 radical (unpaired) electrons. The molecule has 0 aromatic heterocycles. The Hall–Kier alpha value is -3.12. The molecule has 2 atom stereocenters. The standard InChI is InChI=1S/C25H36N6O5S/c1-37(2)15-16-8-9-17-12-18(16)23(34)29-14-22(33)28-13-21(32)27-10-4-3-6-19(26)25(36)31-11-5-7-20(31)24(35)30-17/h8-9,12,19-20H,3-7,10-11,13-15,26H2,1-2H3,(H3-,27,28,29,30,32,33,34,35)/p+1/t19-,20-/m0/s1. The summed E-state index contributed by atoms with van der Waals surface area (Å²) in [4.78, 5) is 64.9. The van der Waals surface area contributed by atoms with Gasteiger partial charge in [-0.1, -0.05) is 6.07 Å². The summed E-state index contributed by atoms with van der Waals surface area (Å²) in [5, 5.41) is 10.7. The van der Waals surface area contributed by atoms with Gasteiger partial charge in [-0.15, -0.1) is 0 Å². The Kier molecular flexibility index (Phi) is 10.3. The van der Waals surface area contributed by atoms with Crippen molar-refractivity contribution in [1.29, 1.82) is 0 Å². The van der Waals surface area contributed by atoms with Gasteiger partial charge in [0.2, 0.25) is 23.6 Å². The van der Waals surface area contributed by atoms with E-state index >= 15 is 0 Å². The van der Waals surface area contributed by atoms with E-state index in [1.54, 1.807) is 23.1 Å². The van der Waals surface area contributed by atoms with Gasteiger partial charge < -0.3 is 31.9 Å². The second-order valence-electron chi connectivity index (χ2n) is 9.59. The van der Waals surface area contributed by atoms with Gasteiger partial charge in [-0.25, -0.2) is 0 Å². The van der Waals surface area contributed by atoms with Gasteiger partial charge in [0.15, 0.2) is 0 Å². The molecule has 1 saturated heterocycles. The molecular weight excluding hydrogens is 496 g/mol. The number of hydrogen-bond acceptors (Lipinski definition) is 6. The highest BCUT2D eigenvalue weighted by atomic mass is 32.2. The fourth-order valence-corrected chi connectivity index (χ4v) is 5.32. The quantitative estimate of drug-likeness (QED) is 0.321. The normalized spacial score (nSPS) is 22.9. The zero-order valence-electron chi connectivity index (χ0n) is 21.4. The third kappa shape index (κ3) is 8.19.